The van der Waals surface area contributed by atoms with Crippen molar-refractivity contribution >= 4 is 44.9 Å². The minimum Gasteiger partial charge on any atom is -0.325 e. The lowest BCUT2D eigenvalue weighted by Gasteiger charge is -2.15. The van der Waals surface area contributed by atoms with Crippen LogP contribution in [0.25, 0.3) is 32.0 Å². The number of fused-ring (bicyclic) bond motifs is 1. The van der Waals surface area contributed by atoms with Crippen LogP contribution in [0, 0.1) is 18.3 Å². The van der Waals surface area contributed by atoms with Gasteiger partial charge in [-0.15, -0.1) is 11.3 Å². The highest BCUT2D eigenvalue weighted by Crippen LogP contribution is 2.32. The molecule has 5 rings (SSSR count). The lowest BCUT2D eigenvalue weighted by atomic mass is 10.1. The molecule has 0 saturated heterocycles. The molecule has 0 radical (unpaired) electrons. The molecule has 0 aliphatic carbocycles. The summed E-state index contributed by atoms with van der Waals surface area (Å²) < 4.78 is 1.14. The molecule has 1 atom stereocenters. The number of anilines is 1. The number of nitriles is 1. The fourth-order valence-corrected chi connectivity index (χ4v) is 5.92. The van der Waals surface area contributed by atoms with E-state index in [1.165, 1.54) is 17.3 Å². The van der Waals surface area contributed by atoms with Gasteiger partial charge in [0.1, 0.15) is 16.6 Å². The Hall–Kier alpha value is -4.26. The lowest BCUT2D eigenvalue weighted by molar-refractivity contribution is -0.115. The van der Waals surface area contributed by atoms with E-state index >= 15 is 0 Å². The van der Waals surface area contributed by atoms with Gasteiger partial charge in [0, 0.05) is 16.8 Å². The van der Waals surface area contributed by atoms with Crippen LogP contribution in [0.3, 0.4) is 0 Å². The molecule has 2 N–H and O–H groups in total. The van der Waals surface area contributed by atoms with Gasteiger partial charge in [0.25, 0.3) is 5.56 Å². The van der Waals surface area contributed by atoms with Crippen LogP contribution in [0.5, 0.6) is 0 Å². The SMILES string of the molecule is CCC(Sc1nc(-c2ccccc2)c(C#N)c(=O)[nH]1)C(=O)Nc1ccc(-c2nc3ccc(C)cc3s2)cc1. The number of aryl methyl sites for hydroxylation is 1. The van der Waals surface area contributed by atoms with Gasteiger partial charge in [0.2, 0.25) is 5.91 Å². The van der Waals surface area contributed by atoms with Crippen molar-refractivity contribution in [3.63, 3.8) is 0 Å². The van der Waals surface area contributed by atoms with Crippen LogP contribution in [0.15, 0.2) is 82.7 Å². The maximum Gasteiger partial charge on any atom is 0.270 e. The normalized spacial score (nSPS) is 11.7. The van der Waals surface area contributed by atoms with Gasteiger partial charge in [-0.1, -0.05) is 55.1 Å². The van der Waals surface area contributed by atoms with Crippen LogP contribution >= 0.6 is 23.1 Å². The van der Waals surface area contributed by atoms with Crippen molar-refractivity contribution in [3.8, 4) is 27.9 Å². The Morgan fingerprint density at radius 3 is 2.55 bits per heavy atom. The minimum atomic E-state index is -0.528. The van der Waals surface area contributed by atoms with Gasteiger partial charge < -0.3 is 10.3 Å². The van der Waals surface area contributed by atoms with E-state index in [2.05, 4.69) is 34.3 Å². The number of aromatic amines is 1. The van der Waals surface area contributed by atoms with E-state index in [0.29, 0.717) is 23.4 Å². The van der Waals surface area contributed by atoms with E-state index in [0.717, 1.165) is 20.8 Å². The third-order valence-corrected chi connectivity index (χ3v) is 8.23. The molecule has 7 nitrogen and oxygen atoms in total. The summed E-state index contributed by atoms with van der Waals surface area (Å²) >= 11 is 2.80. The number of carbonyl (C=O) groups is 1. The molecule has 0 aliphatic rings. The third kappa shape index (κ3) is 5.37. The molecule has 188 valence electrons. The molecule has 38 heavy (non-hydrogen) atoms. The van der Waals surface area contributed by atoms with E-state index < -0.39 is 10.8 Å². The van der Waals surface area contributed by atoms with Crippen molar-refractivity contribution in [1.82, 2.24) is 15.0 Å². The van der Waals surface area contributed by atoms with E-state index in [-0.39, 0.29) is 16.6 Å². The summed E-state index contributed by atoms with van der Waals surface area (Å²) in [7, 11) is 0. The number of rotatable bonds is 7. The van der Waals surface area contributed by atoms with Crippen LogP contribution in [-0.4, -0.2) is 26.1 Å². The number of nitrogens with zero attached hydrogens (tertiary/aromatic N) is 3. The second-order valence-electron chi connectivity index (χ2n) is 8.64. The van der Waals surface area contributed by atoms with Gasteiger partial charge in [-0.2, -0.15) is 5.26 Å². The number of aromatic nitrogens is 3. The standard InChI is InChI=1S/C29H23N5O2S2/c1-3-23(38-29-33-25(18-7-5-4-6-8-18)21(16-30)26(35)34-29)27(36)31-20-12-10-19(11-13-20)28-32-22-14-9-17(2)15-24(22)37-28/h4-15,23H,3H2,1-2H3,(H,31,36)(H,33,34,35). The van der Waals surface area contributed by atoms with E-state index in [9.17, 15) is 14.9 Å². The smallest absolute Gasteiger partial charge is 0.270 e. The van der Waals surface area contributed by atoms with Crippen molar-refractivity contribution in [2.75, 3.05) is 5.32 Å². The van der Waals surface area contributed by atoms with Crippen LogP contribution in [0.1, 0.15) is 24.5 Å². The highest BCUT2D eigenvalue weighted by atomic mass is 32.2. The summed E-state index contributed by atoms with van der Waals surface area (Å²) in [6, 6.07) is 24.8. The molecular weight excluding hydrogens is 514 g/mol. The maximum absolute atomic E-state index is 13.1. The summed E-state index contributed by atoms with van der Waals surface area (Å²) in [5.41, 5.74) is 4.21. The zero-order valence-corrected chi connectivity index (χ0v) is 22.3. The number of hydrogen-bond donors (Lipinski definition) is 2. The predicted octanol–water partition coefficient (Wildman–Crippen LogP) is 6.40. The second-order valence-corrected chi connectivity index (χ2v) is 10.9. The van der Waals surface area contributed by atoms with Gasteiger partial charge in [0.15, 0.2) is 5.16 Å². The zero-order chi connectivity index (χ0) is 26.6. The molecule has 1 amide bonds. The first-order valence-corrected chi connectivity index (χ1v) is 13.7. The van der Waals surface area contributed by atoms with Gasteiger partial charge in [0.05, 0.1) is 21.2 Å². The molecule has 9 heteroatoms. The zero-order valence-electron chi connectivity index (χ0n) is 20.7. The van der Waals surface area contributed by atoms with Gasteiger partial charge in [-0.3, -0.25) is 9.59 Å². The number of hydrogen-bond acceptors (Lipinski definition) is 7. The largest absolute Gasteiger partial charge is 0.325 e. The van der Waals surface area contributed by atoms with Crippen LogP contribution < -0.4 is 10.9 Å². The van der Waals surface area contributed by atoms with Gasteiger partial charge in [-0.05, 0) is 55.3 Å². The molecule has 0 aliphatic heterocycles. The average Bonchev–Trinajstić information content (AvgIpc) is 3.35. The predicted molar refractivity (Wildman–Crippen MR) is 153 cm³/mol. The molecule has 0 bridgehead atoms. The third-order valence-electron chi connectivity index (χ3n) is 5.92. The molecule has 2 aromatic heterocycles. The fraction of sp³-hybridized carbons (Fsp3) is 0.138. The lowest BCUT2D eigenvalue weighted by Crippen LogP contribution is -2.25. The van der Waals surface area contributed by atoms with Crippen LogP contribution in [0.4, 0.5) is 5.69 Å². The van der Waals surface area contributed by atoms with Gasteiger partial charge in [-0.25, -0.2) is 9.97 Å². The quantitative estimate of drug-likeness (QED) is 0.183. The Morgan fingerprint density at radius 1 is 1.08 bits per heavy atom. The summed E-state index contributed by atoms with van der Waals surface area (Å²) in [6.45, 7) is 3.96. The molecule has 0 spiro atoms. The Balaban J connectivity index is 1.32. The minimum absolute atomic E-state index is 0.0543. The average molecular weight is 538 g/mol. The molecule has 5 aromatic rings. The topological polar surface area (TPSA) is 112 Å². The molecule has 2 heterocycles. The Bertz CT molecular complexity index is 1720. The fourth-order valence-electron chi connectivity index (χ4n) is 3.95. The van der Waals surface area contributed by atoms with Crippen LogP contribution in [-0.2, 0) is 4.79 Å². The number of carbonyl (C=O) groups excluding carboxylic acids is 1. The maximum atomic E-state index is 13.1. The van der Waals surface area contributed by atoms with E-state index in [1.807, 2.05) is 61.5 Å². The monoisotopic (exact) mass is 537 g/mol. The first kappa shape index (κ1) is 25.4. The molecule has 3 aromatic carbocycles. The summed E-state index contributed by atoms with van der Waals surface area (Å²) in [4.78, 5) is 37.6. The summed E-state index contributed by atoms with van der Waals surface area (Å²) in [5.74, 6) is -0.200. The number of benzene rings is 3. The van der Waals surface area contributed by atoms with Crippen molar-refractivity contribution in [3.05, 3.63) is 94.3 Å². The van der Waals surface area contributed by atoms with Crippen molar-refractivity contribution < 1.29 is 4.79 Å². The van der Waals surface area contributed by atoms with E-state index in [1.54, 1.807) is 23.5 Å². The Morgan fingerprint density at radius 2 is 1.84 bits per heavy atom. The number of amides is 1. The number of nitrogens with one attached hydrogen (secondary N) is 2. The first-order chi connectivity index (χ1) is 18.4. The Kier molecular flexibility index (Phi) is 7.36. The van der Waals surface area contributed by atoms with E-state index in [4.69, 9.17) is 4.98 Å². The van der Waals surface area contributed by atoms with Crippen molar-refractivity contribution in [2.45, 2.75) is 30.7 Å². The highest BCUT2D eigenvalue weighted by Gasteiger charge is 2.22. The summed E-state index contributed by atoms with van der Waals surface area (Å²) in [6.07, 6.45) is 0.518. The molecule has 1 unspecified atom stereocenters. The van der Waals surface area contributed by atoms with Crippen molar-refractivity contribution in [2.24, 2.45) is 0 Å². The molecule has 0 saturated carbocycles. The number of thioether (sulfide) groups is 1. The highest BCUT2D eigenvalue weighted by molar-refractivity contribution is 8.00. The van der Waals surface area contributed by atoms with Crippen molar-refractivity contribution in [1.29, 1.82) is 5.26 Å². The van der Waals surface area contributed by atoms with Gasteiger partial charge >= 0.3 is 0 Å². The first-order valence-electron chi connectivity index (χ1n) is 12.0. The van der Waals surface area contributed by atoms with Crippen LogP contribution in [0.2, 0.25) is 0 Å². The Labute approximate surface area is 227 Å². The molecular formula is C29H23N5O2S2. The second kappa shape index (κ2) is 11.0. The number of thiazole rings is 1. The molecule has 0 fully saturated rings. The summed E-state index contributed by atoms with van der Waals surface area (Å²) in [5, 5.41) is 13.2. The number of H-pyrrole nitrogens is 1.